The second kappa shape index (κ2) is 4.33. The summed E-state index contributed by atoms with van der Waals surface area (Å²) in [6.45, 7) is 7.41. The van der Waals surface area contributed by atoms with Crippen molar-refractivity contribution in [2.75, 3.05) is 6.54 Å². The Kier molecular flexibility index (Phi) is 3.07. The fourth-order valence-electron chi connectivity index (χ4n) is 2.15. The number of nitrogens with two attached hydrogens (primary N) is 1. The largest absolute Gasteiger partial charge is 0.333 e. The molecule has 0 bridgehead atoms. The van der Waals surface area contributed by atoms with Gasteiger partial charge in [-0.05, 0) is 13.3 Å². The van der Waals surface area contributed by atoms with Crippen LogP contribution in [0.1, 0.15) is 26.1 Å². The SMILES string of the molecule is CCC(N)C(C)N1CCn2ccnc2C1. The molecule has 84 valence electrons. The highest BCUT2D eigenvalue weighted by atomic mass is 15.3. The fraction of sp³-hybridized carbons (Fsp3) is 0.727. The molecule has 1 aromatic heterocycles. The lowest BCUT2D eigenvalue weighted by Crippen LogP contribution is -2.48. The molecule has 2 heterocycles. The van der Waals surface area contributed by atoms with Gasteiger partial charge in [0.05, 0.1) is 6.54 Å². The van der Waals surface area contributed by atoms with E-state index < -0.39 is 0 Å². The summed E-state index contributed by atoms with van der Waals surface area (Å²) >= 11 is 0. The van der Waals surface area contributed by atoms with Crippen molar-refractivity contribution in [3.05, 3.63) is 18.2 Å². The number of aromatic nitrogens is 2. The first kappa shape index (κ1) is 10.6. The van der Waals surface area contributed by atoms with Gasteiger partial charge in [-0.25, -0.2) is 4.98 Å². The van der Waals surface area contributed by atoms with Crippen LogP contribution in [0.3, 0.4) is 0 Å². The van der Waals surface area contributed by atoms with E-state index in [4.69, 9.17) is 5.73 Å². The summed E-state index contributed by atoms with van der Waals surface area (Å²) in [5.74, 6) is 1.16. The molecule has 2 atom stereocenters. The van der Waals surface area contributed by atoms with E-state index in [0.717, 1.165) is 31.9 Å². The van der Waals surface area contributed by atoms with Crippen LogP contribution in [-0.2, 0) is 13.1 Å². The summed E-state index contributed by atoms with van der Waals surface area (Å²) in [6, 6.07) is 0.715. The van der Waals surface area contributed by atoms with E-state index in [2.05, 4.69) is 34.5 Å². The second-order valence-electron chi connectivity index (χ2n) is 4.32. The molecule has 0 aromatic carbocycles. The molecule has 4 heteroatoms. The third kappa shape index (κ3) is 2.06. The van der Waals surface area contributed by atoms with E-state index in [9.17, 15) is 0 Å². The van der Waals surface area contributed by atoms with Crippen LogP contribution in [-0.4, -0.2) is 33.1 Å². The third-order valence-corrected chi connectivity index (χ3v) is 3.44. The molecule has 0 radical (unpaired) electrons. The van der Waals surface area contributed by atoms with Crippen LogP contribution < -0.4 is 5.73 Å². The lowest BCUT2D eigenvalue weighted by Gasteiger charge is -2.35. The van der Waals surface area contributed by atoms with Crippen molar-refractivity contribution in [3.8, 4) is 0 Å². The van der Waals surface area contributed by atoms with Gasteiger partial charge in [0.15, 0.2) is 0 Å². The fourth-order valence-corrected chi connectivity index (χ4v) is 2.15. The van der Waals surface area contributed by atoms with Crippen LogP contribution in [0.4, 0.5) is 0 Å². The normalized spacial score (nSPS) is 21.0. The molecule has 1 aliphatic rings. The standard InChI is InChI=1S/C11H20N4/c1-3-10(12)9(2)15-7-6-14-5-4-13-11(14)8-15/h4-5,9-10H,3,6-8,12H2,1-2H3. The minimum absolute atomic E-state index is 0.270. The summed E-state index contributed by atoms with van der Waals surface area (Å²) in [7, 11) is 0. The monoisotopic (exact) mass is 208 g/mol. The number of hydrogen-bond donors (Lipinski definition) is 1. The Labute approximate surface area is 91.1 Å². The van der Waals surface area contributed by atoms with Gasteiger partial charge in [-0.2, -0.15) is 0 Å². The first-order valence-electron chi connectivity index (χ1n) is 5.72. The van der Waals surface area contributed by atoms with Crippen LogP contribution in [0.15, 0.2) is 12.4 Å². The van der Waals surface area contributed by atoms with Crippen LogP contribution >= 0.6 is 0 Å². The zero-order chi connectivity index (χ0) is 10.8. The molecule has 2 unspecified atom stereocenters. The lowest BCUT2D eigenvalue weighted by atomic mass is 10.1. The Morgan fingerprint density at radius 2 is 2.33 bits per heavy atom. The molecule has 15 heavy (non-hydrogen) atoms. The molecule has 4 nitrogen and oxygen atoms in total. The number of imidazole rings is 1. The van der Waals surface area contributed by atoms with Gasteiger partial charge in [0.1, 0.15) is 5.82 Å². The third-order valence-electron chi connectivity index (χ3n) is 3.44. The number of rotatable bonds is 3. The first-order chi connectivity index (χ1) is 7.22. The molecule has 1 aliphatic heterocycles. The number of hydrogen-bond acceptors (Lipinski definition) is 3. The Morgan fingerprint density at radius 1 is 1.53 bits per heavy atom. The maximum Gasteiger partial charge on any atom is 0.122 e. The molecular formula is C11H20N4. The average molecular weight is 208 g/mol. The minimum atomic E-state index is 0.270. The Morgan fingerprint density at radius 3 is 3.07 bits per heavy atom. The van der Waals surface area contributed by atoms with E-state index in [0.29, 0.717) is 6.04 Å². The van der Waals surface area contributed by atoms with Gasteiger partial charge >= 0.3 is 0 Å². The van der Waals surface area contributed by atoms with Crippen molar-refractivity contribution in [1.29, 1.82) is 0 Å². The van der Waals surface area contributed by atoms with Gasteiger partial charge in [0.2, 0.25) is 0 Å². The smallest absolute Gasteiger partial charge is 0.122 e. The molecule has 1 aromatic rings. The molecule has 0 aliphatic carbocycles. The van der Waals surface area contributed by atoms with Crippen molar-refractivity contribution in [3.63, 3.8) is 0 Å². The van der Waals surface area contributed by atoms with E-state index in [1.54, 1.807) is 0 Å². The summed E-state index contributed by atoms with van der Waals surface area (Å²) in [4.78, 5) is 6.78. The highest BCUT2D eigenvalue weighted by Crippen LogP contribution is 2.15. The zero-order valence-electron chi connectivity index (χ0n) is 9.56. The highest BCUT2D eigenvalue weighted by Gasteiger charge is 2.24. The predicted molar refractivity (Wildman–Crippen MR) is 60.4 cm³/mol. The van der Waals surface area contributed by atoms with Crippen molar-refractivity contribution in [1.82, 2.24) is 14.5 Å². The quantitative estimate of drug-likeness (QED) is 0.800. The predicted octanol–water partition coefficient (Wildman–Crippen LogP) is 0.824. The van der Waals surface area contributed by atoms with E-state index in [-0.39, 0.29) is 6.04 Å². The lowest BCUT2D eigenvalue weighted by molar-refractivity contribution is 0.141. The minimum Gasteiger partial charge on any atom is -0.333 e. The molecule has 0 fully saturated rings. The number of nitrogens with zero attached hydrogens (tertiary/aromatic N) is 3. The van der Waals surface area contributed by atoms with Crippen molar-refractivity contribution < 1.29 is 0 Å². The molecule has 0 saturated carbocycles. The van der Waals surface area contributed by atoms with Gasteiger partial charge in [0.25, 0.3) is 0 Å². The van der Waals surface area contributed by atoms with E-state index in [1.165, 1.54) is 0 Å². The van der Waals surface area contributed by atoms with Gasteiger partial charge in [0, 0.05) is 37.6 Å². The Bertz CT molecular complexity index is 320. The van der Waals surface area contributed by atoms with Crippen molar-refractivity contribution in [2.45, 2.75) is 45.4 Å². The molecule has 0 spiro atoms. The van der Waals surface area contributed by atoms with Crippen molar-refractivity contribution in [2.24, 2.45) is 5.73 Å². The van der Waals surface area contributed by atoms with Crippen molar-refractivity contribution >= 4 is 0 Å². The van der Waals surface area contributed by atoms with Crippen LogP contribution in [0.5, 0.6) is 0 Å². The summed E-state index contributed by atoms with van der Waals surface area (Å²) < 4.78 is 2.22. The topological polar surface area (TPSA) is 47.1 Å². The zero-order valence-corrected chi connectivity index (χ0v) is 9.56. The molecular weight excluding hydrogens is 188 g/mol. The molecule has 2 rings (SSSR count). The molecule has 0 amide bonds. The first-order valence-corrected chi connectivity index (χ1v) is 5.72. The Hall–Kier alpha value is -0.870. The van der Waals surface area contributed by atoms with Crippen LogP contribution in [0.25, 0.3) is 0 Å². The van der Waals surface area contributed by atoms with Crippen LogP contribution in [0, 0.1) is 0 Å². The average Bonchev–Trinajstić information content (AvgIpc) is 2.73. The highest BCUT2D eigenvalue weighted by molar-refractivity contribution is 4.97. The van der Waals surface area contributed by atoms with E-state index in [1.807, 2.05) is 6.20 Å². The van der Waals surface area contributed by atoms with E-state index >= 15 is 0 Å². The van der Waals surface area contributed by atoms with Gasteiger partial charge in [-0.1, -0.05) is 6.92 Å². The summed E-state index contributed by atoms with van der Waals surface area (Å²) in [5, 5.41) is 0. The maximum absolute atomic E-state index is 6.07. The summed E-state index contributed by atoms with van der Waals surface area (Å²) in [5.41, 5.74) is 6.07. The molecule has 0 saturated heterocycles. The van der Waals surface area contributed by atoms with Gasteiger partial charge < -0.3 is 10.3 Å². The molecule has 2 N–H and O–H groups in total. The maximum atomic E-state index is 6.07. The van der Waals surface area contributed by atoms with Crippen LogP contribution in [0.2, 0.25) is 0 Å². The van der Waals surface area contributed by atoms with Gasteiger partial charge in [-0.3, -0.25) is 4.90 Å². The Balaban J connectivity index is 2.03. The summed E-state index contributed by atoms with van der Waals surface area (Å²) in [6.07, 6.45) is 4.96. The van der Waals surface area contributed by atoms with Gasteiger partial charge in [-0.15, -0.1) is 0 Å². The second-order valence-corrected chi connectivity index (χ2v) is 4.32. The number of fused-ring (bicyclic) bond motifs is 1.